The van der Waals surface area contributed by atoms with Crippen LogP contribution in [0.1, 0.15) is 27.2 Å². The molecule has 0 fully saturated rings. The Morgan fingerprint density at radius 3 is 2.50 bits per heavy atom. The highest BCUT2D eigenvalue weighted by atomic mass is 32.2. The fourth-order valence-corrected chi connectivity index (χ4v) is 1.12. The van der Waals surface area contributed by atoms with E-state index in [4.69, 9.17) is 5.14 Å². The number of nitrogens with two attached hydrogens (primary N) is 1. The van der Waals surface area contributed by atoms with Crippen molar-refractivity contribution in [2.75, 3.05) is 0 Å². The van der Waals surface area contributed by atoms with Crippen molar-refractivity contribution in [3.63, 3.8) is 0 Å². The van der Waals surface area contributed by atoms with Crippen molar-refractivity contribution in [1.29, 1.82) is 0 Å². The van der Waals surface area contributed by atoms with E-state index < -0.39 is 0 Å². The third-order valence-electron chi connectivity index (χ3n) is 1.38. The molecule has 2 N–H and O–H groups in total. The minimum atomic E-state index is 1.06. The van der Waals surface area contributed by atoms with Gasteiger partial charge in [-0.25, -0.2) is 0 Å². The van der Waals surface area contributed by atoms with E-state index in [1.807, 2.05) is 19.9 Å². The van der Waals surface area contributed by atoms with Gasteiger partial charge in [0.15, 0.2) is 0 Å². The van der Waals surface area contributed by atoms with Crippen molar-refractivity contribution in [3.05, 3.63) is 22.6 Å². The van der Waals surface area contributed by atoms with Crippen LogP contribution < -0.4 is 5.14 Å². The maximum absolute atomic E-state index is 5.40. The van der Waals surface area contributed by atoms with Crippen molar-refractivity contribution < 1.29 is 0 Å². The van der Waals surface area contributed by atoms with Crippen molar-refractivity contribution in [2.45, 2.75) is 27.2 Å². The second kappa shape index (κ2) is 5.57. The standard InChI is InChI=1S/C8H15NS/c1-4-6-8(5-2)7(3)10-9/h4,6H,5,9H2,1-3H3/b6-4-,8-7+. The monoisotopic (exact) mass is 157 g/mol. The molecule has 0 atom stereocenters. The fourth-order valence-electron chi connectivity index (χ4n) is 0.761. The molecule has 0 unspecified atom stereocenters. The maximum Gasteiger partial charge on any atom is 0.000179 e. The molecule has 0 spiro atoms. The Kier molecular flexibility index (Phi) is 5.45. The molecule has 0 heterocycles. The van der Waals surface area contributed by atoms with Crippen molar-refractivity contribution >= 4 is 11.9 Å². The van der Waals surface area contributed by atoms with Gasteiger partial charge in [0, 0.05) is 4.91 Å². The van der Waals surface area contributed by atoms with Gasteiger partial charge in [0.05, 0.1) is 0 Å². The summed E-state index contributed by atoms with van der Waals surface area (Å²) in [7, 11) is 0. The number of rotatable bonds is 3. The molecule has 10 heavy (non-hydrogen) atoms. The maximum atomic E-state index is 5.40. The van der Waals surface area contributed by atoms with Crippen molar-refractivity contribution in [1.82, 2.24) is 0 Å². The van der Waals surface area contributed by atoms with Gasteiger partial charge in [0.1, 0.15) is 0 Å². The van der Waals surface area contributed by atoms with E-state index in [1.165, 1.54) is 22.4 Å². The predicted octanol–water partition coefficient (Wildman–Crippen LogP) is 2.85. The first-order valence-corrected chi connectivity index (χ1v) is 4.33. The third kappa shape index (κ3) is 3.08. The molecule has 0 saturated heterocycles. The summed E-state index contributed by atoms with van der Waals surface area (Å²) in [6.45, 7) is 6.20. The normalized spacial score (nSPS) is 14.0. The largest absolute Gasteiger partial charge is 0.274 e. The summed E-state index contributed by atoms with van der Waals surface area (Å²) in [5.41, 5.74) is 1.33. The van der Waals surface area contributed by atoms with Gasteiger partial charge in [-0.1, -0.05) is 31.0 Å². The zero-order chi connectivity index (χ0) is 7.98. The molecule has 0 saturated carbocycles. The lowest BCUT2D eigenvalue weighted by Gasteiger charge is -2.00. The van der Waals surface area contributed by atoms with Gasteiger partial charge in [-0.3, -0.25) is 5.14 Å². The molecule has 0 aliphatic rings. The van der Waals surface area contributed by atoms with Crippen LogP contribution >= 0.6 is 11.9 Å². The first-order valence-electron chi connectivity index (χ1n) is 3.45. The summed E-state index contributed by atoms with van der Waals surface area (Å²) < 4.78 is 0. The van der Waals surface area contributed by atoms with Crippen LogP contribution in [0, 0.1) is 0 Å². The van der Waals surface area contributed by atoms with Gasteiger partial charge in [0.2, 0.25) is 0 Å². The summed E-state index contributed by atoms with van der Waals surface area (Å²) >= 11 is 1.33. The summed E-state index contributed by atoms with van der Waals surface area (Å²) in [5.74, 6) is 0. The summed E-state index contributed by atoms with van der Waals surface area (Å²) in [6, 6.07) is 0. The molecule has 0 aliphatic carbocycles. The van der Waals surface area contributed by atoms with Gasteiger partial charge in [-0.05, 0) is 25.8 Å². The van der Waals surface area contributed by atoms with Gasteiger partial charge < -0.3 is 0 Å². The minimum Gasteiger partial charge on any atom is -0.274 e. The molecule has 0 radical (unpaired) electrons. The SMILES string of the molecule is C/C=C\C(CC)=C(/C)SN. The van der Waals surface area contributed by atoms with Crippen LogP contribution in [0.3, 0.4) is 0 Å². The van der Waals surface area contributed by atoms with Crippen LogP contribution in [-0.2, 0) is 0 Å². The molecule has 0 bridgehead atoms. The summed E-state index contributed by atoms with van der Waals surface area (Å²) in [5, 5.41) is 5.40. The van der Waals surface area contributed by atoms with E-state index >= 15 is 0 Å². The van der Waals surface area contributed by atoms with Crippen LogP contribution in [-0.4, -0.2) is 0 Å². The molecule has 0 amide bonds. The molecular formula is C8H15NS. The minimum absolute atomic E-state index is 1.06. The molecule has 58 valence electrons. The van der Waals surface area contributed by atoms with Crippen LogP contribution in [0.5, 0.6) is 0 Å². The Morgan fingerprint density at radius 1 is 1.60 bits per heavy atom. The Balaban J connectivity index is 4.29. The molecule has 0 aromatic carbocycles. The second-order valence-corrected chi connectivity index (χ2v) is 2.90. The number of hydrogen-bond acceptors (Lipinski definition) is 2. The first-order chi connectivity index (χ1) is 4.76. The third-order valence-corrected chi connectivity index (χ3v) is 1.99. The zero-order valence-corrected chi connectivity index (χ0v) is 7.66. The van der Waals surface area contributed by atoms with Gasteiger partial charge in [-0.2, -0.15) is 0 Å². The van der Waals surface area contributed by atoms with Crippen LogP contribution in [0.2, 0.25) is 0 Å². The molecule has 1 nitrogen and oxygen atoms in total. The molecule has 0 aromatic rings. The molecule has 2 heteroatoms. The highest BCUT2D eigenvalue weighted by Crippen LogP contribution is 2.16. The Hall–Kier alpha value is -0.210. The highest BCUT2D eigenvalue weighted by Gasteiger charge is 1.93. The Morgan fingerprint density at radius 2 is 2.20 bits per heavy atom. The van der Waals surface area contributed by atoms with Crippen LogP contribution in [0.25, 0.3) is 0 Å². The lowest BCUT2D eigenvalue weighted by atomic mass is 10.2. The first kappa shape index (κ1) is 9.79. The van der Waals surface area contributed by atoms with E-state index in [0.717, 1.165) is 6.42 Å². The molecular weight excluding hydrogens is 142 g/mol. The average molecular weight is 157 g/mol. The number of hydrogen-bond donors (Lipinski definition) is 1. The van der Waals surface area contributed by atoms with E-state index in [1.54, 1.807) is 0 Å². The smallest absolute Gasteiger partial charge is 0.000179 e. The summed E-state index contributed by atoms with van der Waals surface area (Å²) in [4.78, 5) is 1.21. The zero-order valence-electron chi connectivity index (χ0n) is 6.85. The summed E-state index contributed by atoms with van der Waals surface area (Å²) in [6.07, 6.45) is 5.20. The second-order valence-electron chi connectivity index (χ2n) is 2.05. The predicted molar refractivity (Wildman–Crippen MR) is 49.6 cm³/mol. The van der Waals surface area contributed by atoms with E-state index in [-0.39, 0.29) is 0 Å². The van der Waals surface area contributed by atoms with E-state index in [9.17, 15) is 0 Å². The number of allylic oxidation sites excluding steroid dienone is 4. The Bertz CT molecular complexity index is 147. The fraction of sp³-hybridized carbons (Fsp3) is 0.500. The van der Waals surface area contributed by atoms with E-state index in [2.05, 4.69) is 13.0 Å². The molecule has 0 aliphatic heterocycles. The van der Waals surface area contributed by atoms with Gasteiger partial charge in [0.25, 0.3) is 0 Å². The van der Waals surface area contributed by atoms with Crippen molar-refractivity contribution in [2.24, 2.45) is 5.14 Å². The van der Waals surface area contributed by atoms with Crippen LogP contribution in [0.15, 0.2) is 22.6 Å². The lowest BCUT2D eigenvalue weighted by Crippen LogP contribution is -1.84. The van der Waals surface area contributed by atoms with Crippen LogP contribution in [0.4, 0.5) is 0 Å². The quantitative estimate of drug-likeness (QED) is 0.503. The van der Waals surface area contributed by atoms with Gasteiger partial charge >= 0.3 is 0 Å². The Labute approximate surface area is 67.5 Å². The topological polar surface area (TPSA) is 26.0 Å². The van der Waals surface area contributed by atoms with E-state index in [0.29, 0.717) is 0 Å². The van der Waals surface area contributed by atoms with Gasteiger partial charge in [-0.15, -0.1) is 0 Å². The lowest BCUT2D eigenvalue weighted by molar-refractivity contribution is 1.13. The molecule has 0 aromatic heterocycles. The highest BCUT2D eigenvalue weighted by molar-refractivity contribution is 8.00. The van der Waals surface area contributed by atoms with Crippen molar-refractivity contribution in [3.8, 4) is 0 Å². The average Bonchev–Trinajstić information content (AvgIpc) is 1.99. The molecule has 0 rings (SSSR count).